The van der Waals surface area contributed by atoms with Gasteiger partial charge in [0.15, 0.2) is 0 Å². The van der Waals surface area contributed by atoms with Gasteiger partial charge in [0.1, 0.15) is 0 Å². The molecule has 1 saturated heterocycles. The maximum Gasteiger partial charge on any atom is 0.270 e. The van der Waals surface area contributed by atoms with Crippen LogP contribution in [0.5, 0.6) is 0 Å². The standard InChI is InChI=1S/C23H29N3O5S/c1-16-5-10-19(32(29,30)26-11-13-31-14-12-26)15-20(16)22(28)25-24-21(27)17-6-8-18(9-7-17)23(2,3)4/h5-10,15H,11-14H2,1-4H3,(H,24,27)(H,25,28). The summed E-state index contributed by atoms with van der Waals surface area (Å²) in [6.07, 6.45) is 0. The number of ether oxygens (including phenoxy) is 1. The summed E-state index contributed by atoms with van der Waals surface area (Å²) in [5, 5.41) is 0. The largest absolute Gasteiger partial charge is 0.379 e. The van der Waals surface area contributed by atoms with Crippen LogP contribution in [-0.2, 0) is 20.2 Å². The van der Waals surface area contributed by atoms with E-state index in [1.165, 1.54) is 16.4 Å². The lowest BCUT2D eigenvalue weighted by Gasteiger charge is -2.26. The highest BCUT2D eigenvalue weighted by Gasteiger charge is 2.27. The Hall–Kier alpha value is -2.75. The summed E-state index contributed by atoms with van der Waals surface area (Å²) in [4.78, 5) is 25.1. The van der Waals surface area contributed by atoms with Gasteiger partial charge in [0.05, 0.1) is 18.1 Å². The van der Waals surface area contributed by atoms with Crippen LogP contribution >= 0.6 is 0 Å². The Morgan fingerprint density at radius 1 is 0.938 bits per heavy atom. The summed E-state index contributed by atoms with van der Waals surface area (Å²) in [6, 6.07) is 11.5. The fourth-order valence-electron chi connectivity index (χ4n) is 3.32. The number of rotatable bonds is 4. The molecule has 0 spiro atoms. The Kier molecular flexibility index (Phi) is 7.02. The van der Waals surface area contributed by atoms with Gasteiger partial charge in [0.2, 0.25) is 10.0 Å². The molecule has 0 aliphatic carbocycles. The van der Waals surface area contributed by atoms with Crippen molar-refractivity contribution in [3.63, 3.8) is 0 Å². The van der Waals surface area contributed by atoms with Crippen LogP contribution in [0.3, 0.4) is 0 Å². The van der Waals surface area contributed by atoms with E-state index < -0.39 is 21.8 Å². The minimum atomic E-state index is -3.74. The SMILES string of the molecule is Cc1ccc(S(=O)(=O)N2CCOCC2)cc1C(=O)NNC(=O)c1ccc(C(C)(C)C)cc1. The van der Waals surface area contributed by atoms with E-state index in [1.54, 1.807) is 25.1 Å². The van der Waals surface area contributed by atoms with Crippen LogP contribution in [0.15, 0.2) is 47.4 Å². The number of hydrogen-bond donors (Lipinski definition) is 2. The smallest absolute Gasteiger partial charge is 0.270 e. The quantitative estimate of drug-likeness (QED) is 0.683. The summed E-state index contributed by atoms with van der Waals surface area (Å²) in [6.45, 7) is 9.15. The van der Waals surface area contributed by atoms with Crippen LogP contribution in [0.25, 0.3) is 0 Å². The van der Waals surface area contributed by atoms with E-state index in [2.05, 4.69) is 31.6 Å². The fourth-order valence-corrected chi connectivity index (χ4v) is 4.75. The van der Waals surface area contributed by atoms with Gasteiger partial charge < -0.3 is 4.74 Å². The fraction of sp³-hybridized carbons (Fsp3) is 0.391. The highest BCUT2D eigenvalue weighted by Crippen LogP contribution is 2.22. The zero-order valence-electron chi connectivity index (χ0n) is 18.8. The summed E-state index contributed by atoms with van der Waals surface area (Å²) in [5.74, 6) is -1.06. The van der Waals surface area contributed by atoms with Crippen LogP contribution in [0.1, 0.15) is 52.6 Å². The second kappa shape index (κ2) is 9.40. The van der Waals surface area contributed by atoms with Gasteiger partial charge in [-0.3, -0.25) is 20.4 Å². The predicted molar refractivity (Wildman–Crippen MR) is 121 cm³/mol. The Balaban J connectivity index is 1.71. The molecule has 0 saturated carbocycles. The molecule has 9 heteroatoms. The maximum atomic E-state index is 12.9. The highest BCUT2D eigenvalue weighted by atomic mass is 32.2. The number of amides is 2. The normalized spacial score (nSPS) is 15.2. The number of nitrogens with one attached hydrogen (secondary N) is 2. The van der Waals surface area contributed by atoms with Crippen molar-refractivity contribution in [3.05, 3.63) is 64.7 Å². The van der Waals surface area contributed by atoms with Crippen molar-refractivity contribution in [2.75, 3.05) is 26.3 Å². The summed E-state index contributed by atoms with van der Waals surface area (Å²) >= 11 is 0. The van der Waals surface area contributed by atoms with Crippen molar-refractivity contribution in [2.45, 2.75) is 38.0 Å². The molecule has 1 fully saturated rings. The molecule has 2 N–H and O–H groups in total. The van der Waals surface area contributed by atoms with Crippen molar-refractivity contribution in [1.29, 1.82) is 0 Å². The molecule has 3 rings (SSSR count). The second-order valence-corrected chi connectivity index (χ2v) is 10.7. The number of carbonyl (C=O) groups is 2. The summed E-state index contributed by atoms with van der Waals surface area (Å²) in [7, 11) is -3.74. The van der Waals surface area contributed by atoms with Gasteiger partial charge in [0.25, 0.3) is 11.8 Å². The number of aryl methyl sites for hydroxylation is 1. The van der Waals surface area contributed by atoms with Crippen LogP contribution in [0, 0.1) is 6.92 Å². The molecule has 32 heavy (non-hydrogen) atoms. The van der Waals surface area contributed by atoms with Gasteiger partial charge >= 0.3 is 0 Å². The summed E-state index contributed by atoms with van der Waals surface area (Å²) < 4.78 is 32.3. The van der Waals surface area contributed by atoms with E-state index in [-0.39, 0.29) is 29.0 Å². The second-order valence-electron chi connectivity index (χ2n) is 8.73. The lowest BCUT2D eigenvalue weighted by molar-refractivity contribution is 0.0730. The lowest BCUT2D eigenvalue weighted by atomic mass is 9.87. The molecule has 1 heterocycles. The Morgan fingerprint density at radius 2 is 1.53 bits per heavy atom. The number of hydrazine groups is 1. The molecule has 2 aromatic rings. The molecule has 2 amide bonds. The molecule has 0 unspecified atom stereocenters. The average Bonchev–Trinajstić information content (AvgIpc) is 2.77. The van der Waals surface area contributed by atoms with Gasteiger partial charge in [-0.05, 0) is 47.7 Å². The van der Waals surface area contributed by atoms with Crippen LogP contribution in [-0.4, -0.2) is 50.8 Å². The van der Waals surface area contributed by atoms with Crippen molar-refractivity contribution < 1.29 is 22.7 Å². The van der Waals surface area contributed by atoms with E-state index in [0.717, 1.165) is 5.56 Å². The van der Waals surface area contributed by atoms with Crippen LogP contribution in [0.2, 0.25) is 0 Å². The van der Waals surface area contributed by atoms with Gasteiger partial charge in [-0.15, -0.1) is 0 Å². The monoisotopic (exact) mass is 459 g/mol. The third-order valence-corrected chi connectivity index (χ3v) is 7.26. The number of nitrogens with zero attached hydrogens (tertiary/aromatic N) is 1. The van der Waals surface area contributed by atoms with Crippen LogP contribution in [0.4, 0.5) is 0 Å². The van der Waals surface area contributed by atoms with Gasteiger partial charge in [-0.25, -0.2) is 8.42 Å². The molecule has 2 aromatic carbocycles. The minimum Gasteiger partial charge on any atom is -0.379 e. The molecule has 1 aliphatic heterocycles. The Morgan fingerprint density at radius 3 is 2.12 bits per heavy atom. The van der Waals surface area contributed by atoms with E-state index in [0.29, 0.717) is 24.3 Å². The van der Waals surface area contributed by atoms with E-state index in [9.17, 15) is 18.0 Å². The molecule has 8 nitrogen and oxygen atoms in total. The van der Waals surface area contributed by atoms with Gasteiger partial charge in [-0.2, -0.15) is 4.31 Å². The first-order valence-electron chi connectivity index (χ1n) is 10.4. The molecular weight excluding hydrogens is 430 g/mol. The Labute approximate surface area is 189 Å². The highest BCUT2D eigenvalue weighted by molar-refractivity contribution is 7.89. The van der Waals surface area contributed by atoms with Gasteiger partial charge in [-0.1, -0.05) is 39.0 Å². The topological polar surface area (TPSA) is 105 Å². The minimum absolute atomic E-state index is 0.0271. The Bertz CT molecular complexity index is 1100. The van der Waals surface area contributed by atoms with E-state index in [4.69, 9.17) is 4.74 Å². The molecule has 172 valence electrons. The first kappa shape index (κ1) is 23.9. The van der Waals surface area contributed by atoms with Crippen molar-refractivity contribution in [1.82, 2.24) is 15.2 Å². The van der Waals surface area contributed by atoms with Crippen molar-refractivity contribution >= 4 is 21.8 Å². The van der Waals surface area contributed by atoms with Crippen LogP contribution < -0.4 is 10.9 Å². The zero-order chi connectivity index (χ0) is 23.5. The maximum absolute atomic E-state index is 12.9. The van der Waals surface area contributed by atoms with Gasteiger partial charge in [0, 0.05) is 24.2 Å². The van der Waals surface area contributed by atoms with Crippen molar-refractivity contribution in [3.8, 4) is 0 Å². The van der Waals surface area contributed by atoms with E-state index in [1.807, 2.05) is 12.1 Å². The lowest BCUT2D eigenvalue weighted by Crippen LogP contribution is -2.42. The molecular formula is C23H29N3O5S. The third kappa shape index (κ3) is 5.35. The molecule has 0 aromatic heterocycles. The zero-order valence-corrected chi connectivity index (χ0v) is 19.6. The number of hydrogen-bond acceptors (Lipinski definition) is 5. The predicted octanol–water partition coefficient (Wildman–Crippen LogP) is 2.39. The average molecular weight is 460 g/mol. The molecule has 1 aliphatic rings. The molecule has 0 radical (unpaired) electrons. The third-order valence-electron chi connectivity index (χ3n) is 5.36. The summed E-state index contributed by atoms with van der Waals surface area (Å²) in [5.41, 5.74) is 6.98. The number of sulfonamides is 1. The van der Waals surface area contributed by atoms with E-state index >= 15 is 0 Å². The first-order chi connectivity index (χ1) is 15.0. The molecule has 0 bridgehead atoms. The van der Waals surface area contributed by atoms with Crippen molar-refractivity contribution in [2.24, 2.45) is 0 Å². The number of benzene rings is 2. The first-order valence-corrected chi connectivity index (χ1v) is 11.8. The molecule has 0 atom stereocenters. The number of morpholine rings is 1. The number of carbonyl (C=O) groups excluding carboxylic acids is 2.